The second-order valence-corrected chi connectivity index (χ2v) is 3.73. The topological polar surface area (TPSA) is 67.6 Å². The Morgan fingerprint density at radius 1 is 1.14 bits per heavy atom. The first-order valence-corrected chi connectivity index (χ1v) is 4.76. The van der Waals surface area contributed by atoms with Crippen molar-refractivity contribution in [3.05, 3.63) is 0 Å². The van der Waals surface area contributed by atoms with Crippen molar-refractivity contribution < 1.29 is 0 Å². The molecule has 0 aliphatic carbocycles. The fraction of sp³-hybridized carbons (Fsp3) is 0.889. The lowest BCUT2D eigenvalue weighted by Crippen LogP contribution is -2.39. The molecule has 0 aromatic carbocycles. The Kier molecular flexibility index (Phi) is 9.70. The maximum Gasteiger partial charge on any atom is 0.185 e. The summed E-state index contributed by atoms with van der Waals surface area (Å²) in [6, 6.07) is 1.07. The van der Waals surface area contributed by atoms with Gasteiger partial charge in [-0.3, -0.25) is 9.89 Å². The zero-order valence-electron chi connectivity index (χ0n) is 9.53. The highest BCUT2D eigenvalue weighted by Crippen LogP contribution is 2.03. The van der Waals surface area contributed by atoms with Gasteiger partial charge in [0.2, 0.25) is 0 Å². The van der Waals surface area contributed by atoms with Gasteiger partial charge in [-0.05, 0) is 27.7 Å². The number of guanidine groups is 1. The van der Waals surface area contributed by atoms with E-state index in [-0.39, 0.29) is 29.9 Å². The van der Waals surface area contributed by atoms with Crippen molar-refractivity contribution >= 4 is 29.9 Å². The largest absolute Gasteiger partial charge is 0.370 e. The van der Waals surface area contributed by atoms with Crippen LogP contribution in [0.1, 0.15) is 27.7 Å². The van der Waals surface area contributed by atoms with Crippen LogP contribution in [0.15, 0.2) is 4.99 Å². The molecule has 0 saturated carbocycles. The maximum atomic E-state index is 5.24. The van der Waals surface area contributed by atoms with Crippen molar-refractivity contribution in [1.82, 2.24) is 4.90 Å². The van der Waals surface area contributed by atoms with E-state index in [1.54, 1.807) is 0 Å². The molecule has 0 aliphatic rings. The van der Waals surface area contributed by atoms with Crippen LogP contribution in [0.3, 0.4) is 0 Å². The summed E-state index contributed by atoms with van der Waals surface area (Å²) in [5, 5.41) is 0. The molecule has 0 fully saturated rings. The summed E-state index contributed by atoms with van der Waals surface area (Å²) in [5.41, 5.74) is 10.5. The molecule has 0 aromatic rings. The Hall–Kier alpha value is -0.0400. The lowest BCUT2D eigenvalue weighted by Gasteiger charge is -2.29. The Bertz CT molecular complexity index is 156. The lowest BCUT2D eigenvalue weighted by atomic mass is 10.2. The molecule has 0 radical (unpaired) electrons. The van der Waals surface area contributed by atoms with E-state index >= 15 is 0 Å². The van der Waals surface area contributed by atoms with Crippen LogP contribution in [0.25, 0.3) is 0 Å². The van der Waals surface area contributed by atoms with Crippen LogP contribution in [0, 0.1) is 0 Å². The highest BCUT2D eigenvalue weighted by molar-refractivity contribution is 14.0. The predicted molar refractivity (Wildman–Crippen MR) is 73.1 cm³/mol. The van der Waals surface area contributed by atoms with Crippen molar-refractivity contribution in [1.29, 1.82) is 0 Å². The van der Waals surface area contributed by atoms with Crippen LogP contribution in [-0.4, -0.2) is 36.0 Å². The third kappa shape index (κ3) is 7.37. The smallest absolute Gasteiger partial charge is 0.185 e. The van der Waals surface area contributed by atoms with Crippen molar-refractivity contribution in [3.63, 3.8) is 0 Å². The van der Waals surface area contributed by atoms with Gasteiger partial charge in [0.15, 0.2) is 5.96 Å². The van der Waals surface area contributed by atoms with Crippen LogP contribution in [-0.2, 0) is 0 Å². The van der Waals surface area contributed by atoms with Gasteiger partial charge >= 0.3 is 0 Å². The summed E-state index contributed by atoms with van der Waals surface area (Å²) in [6.45, 7) is 10.3. The summed E-state index contributed by atoms with van der Waals surface area (Å²) in [6.07, 6.45) is 0. The molecule has 5 heteroatoms. The minimum Gasteiger partial charge on any atom is -0.370 e. The van der Waals surface area contributed by atoms with Crippen LogP contribution in [0.4, 0.5) is 0 Å². The summed E-state index contributed by atoms with van der Waals surface area (Å²) in [4.78, 5) is 6.31. The van der Waals surface area contributed by atoms with Gasteiger partial charge < -0.3 is 11.5 Å². The van der Waals surface area contributed by atoms with Crippen LogP contribution >= 0.6 is 24.0 Å². The molecule has 0 bridgehead atoms. The first-order chi connectivity index (χ1) is 5.95. The van der Waals surface area contributed by atoms with Crippen LogP contribution < -0.4 is 11.5 Å². The van der Waals surface area contributed by atoms with Gasteiger partial charge in [0.25, 0.3) is 0 Å². The fourth-order valence-electron chi connectivity index (χ4n) is 1.41. The van der Waals surface area contributed by atoms with E-state index in [1.165, 1.54) is 0 Å². The molecule has 0 amide bonds. The number of nitrogens with zero attached hydrogens (tertiary/aromatic N) is 2. The Morgan fingerprint density at radius 2 is 1.57 bits per heavy atom. The van der Waals surface area contributed by atoms with Crippen molar-refractivity contribution in [2.45, 2.75) is 39.8 Å². The molecule has 0 aromatic heterocycles. The molecule has 0 aliphatic heterocycles. The average molecular weight is 314 g/mol. The van der Waals surface area contributed by atoms with E-state index in [0.29, 0.717) is 18.6 Å². The Labute approximate surface area is 104 Å². The SMILES string of the molecule is CC(C)N(CCN=C(N)N)C(C)C.I. The van der Waals surface area contributed by atoms with Gasteiger partial charge in [-0.2, -0.15) is 0 Å². The minimum atomic E-state index is 0. The first kappa shape index (κ1) is 16.4. The summed E-state index contributed by atoms with van der Waals surface area (Å²) in [5.74, 6) is 0.174. The molecule has 0 unspecified atom stereocenters. The molecule has 0 spiro atoms. The van der Waals surface area contributed by atoms with E-state index in [9.17, 15) is 0 Å². The normalized spacial score (nSPS) is 10.5. The number of aliphatic imine (C=N–C) groups is 1. The van der Waals surface area contributed by atoms with E-state index in [4.69, 9.17) is 11.5 Å². The van der Waals surface area contributed by atoms with Crippen LogP contribution in [0.2, 0.25) is 0 Å². The molecule has 0 heterocycles. The monoisotopic (exact) mass is 314 g/mol. The molecule has 4 N–H and O–H groups in total. The Balaban J connectivity index is 0. The number of halogens is 1. The molecule has 86 valence electrons. The lowest BCUT2D eigenvalue weighted by molar-refractivity contribution is 0.181. The van der Waals surface area contributed by atoms with Crippen molar-refractivity contribution in [3.8, 4) is 0 Å². The number of hydrogen-bond acceptors (Lipinski definition) is 2. The fourth-order valence-corrected chi connectivity index (χ4v) is 1.41. The summed E-state index contributed by atoms with van der Waals surface area (Å²) in [7, 11) is 0. The number of rotatable bonds is 5. The number of hydrogen-bond donors (Lipinski definition) is 2. The van der Waals surface area contributed by atoms with E-state index in [1.807, 2.05) is 0 Å². The van der Waals surface area contributed by atoms with Crippen LogP contribution in [0.5, 0.6) is 0 Å². The molecule has 0 rings (SSSR count). The zero-order chi connectivity index (χ0) is 10.4. The molecule has 4 nitrogen and oxygen atoms in total. The molecular weight excluding hydrogens is 291 g/mol. The third-order valence-corrected chi connectivity index (χ3v) is 1.98. The van der Waals surface area contributed by atoms with Gasteiger partial charge in [-0.25, -0.2) is 0 Å². The molecule has 0 atom stereocenters. The second kappa shape index (κ2) is 8.28. The van der Waals surface area contributed by atoms with Gasteiger partial charge in [-0.1, -0.05) is 0 Å². The first-order valence-electron chi connectivity index (χ1n) is 4.76. The zero-order valence-corrected chi connectivity index (χ0v) is 11.9. The van der Waals surface area contributed by atoms with Gasteiger partial charge in [0.05, 0.1) is 6.54 Å². The quantitative estimate of drug-likeness (QED) is 0.452. The summed E-state index contributed by atoms with van der Waals surface area (Å²) >= 11 is 0. The molecular formula is C9H23IN4. The standard InChI is InChI=1S/C9H22N4.HI/c1-7(2)13(8(3)4)6-5-12-9(10)11;/h7-8H,5-6H2,1-4H3,(H4,10,11,12);1H. The Morgan fingerprint density at radius 3 is 1.86 bits per heavy atom. The van der Waals surface area contributed by atoms with E-state index in [0.717, 1.165) is 6.54 Å². The van der Waals surface area contributed by atoms with Crippen molar-refractivity contribution in [2.75, 3.05) is 13.1 Å². The molecule has 0 saturated heterocycles. The number of nitrogens with two attached hydrogens (primary N) is 2. The van der Waals surface area contributed by atoms with E-state index in [2.05, 4.69) is 37.6 Å². The third-order valence-electron chi connectivity index (χ3n) is 1.98. The van der Waals surface area contributed by atoms with Gasteiger partial charge in [0.1, 0.15) is 0 Å². The van der Waals surface area contributed by atoms with Gasteiger partial charge in [-0.15, -0.1) is 24.0 Å². The summed E-state index contributed by atoms with van der Waals surface area (Å²) < 4.78 is 0. The van der Waals surface area contributed by atoms with Crippen molar-refractivity contribution in [2.24, 2.45) is 16.5 Å². The highest BCUT2D eigenvalue weighted by Gasteiger charge is 2.11. The molecule has 14 heavy (non-hydrogen) atoms. The predicted octanol–water partition coefficient (Wildman–Crippen LogP) is 0.997. The van der Waals surface area contributed by atoms with Gasteiger partial charge in [0, 0.05) is 18.6 Å². The van der Waals surface area contributed by atoms with E-state index < -0.39 is 0 Å². The highest BCUT2D eigenvalue weighted by atomic mass is 127. The second-order valence-electron chi connectivity index (χ2n) is 3.73. The average Bonchev–Trinajstić information content (AvgIpc) is 1.95. The maximum absolute atomic E-state index is 5.24. The minimum absolute atomic E-state index is 0.